The molecular weight excluding hydrogens is 384 g/mol. The highest BCUT2D eigenvalue weighted by Gasteiger charge is 2.23. The van der Waals surface area contributed by atoms with Crippen molar-refractivity contribution in [2.75, 3.05) is 23.4 Å². The number of fused-ring (bicyclic) bond motifs is 1. The molecule has 1 aliphatic heterocycles. The molecule has 0 saturated heterocycles. The molecule has 0 saturated carbocycles. The van der Waals surface area contributed by atoms with Crippen LogP contribution in [-0.4, -0.2) is 35.2 Å². The molecule has 30 heavy (non-hydrogen) atoms. The number of para-hydroxylation sites is 2. The van der Waals surface area contributed by atoms with Gasteiger partial charge in [-0.3, -0.25) is 14.4 Å². The molecule has 0 bridgehead atoms. The van der Waals surface area contributed by atoms with Crippen molar-refractivity contribution in [1.29, 1.82) is 0 Å². The smallest absolute Gasteiger partial charge is 0.264 e. The molecular formula is C22H20N4O4. The number of ether oxygens (including phenoxy) is 1. The number of rotatable bonds is 5. The second-order valence-electron chi connectivity index (χ2n) is 6.80. The molecule has 0 fully saturated rings. The molecule has 8 heteroatoms. The predicted molar refractivity (Wildman–Crippen MR) is 112 cm³/mol. The molecule has 3 aromatic rings. The Balaban J connectivity index is 1.36. The van der Waals surface area contributed by atoms with Crippen LogP contribution in [0, 0.1) is 0 Å². The van der Waals surface area contributed by atoms with E-state index in [-0.39, 0.29) is 30.2 Å². The highest BCUT2D eigenvalue weighted by Crippen LogP contribution is 2.31. The number of nitrogens with one attached hydrogen (secondary N) is 2. The van der Waals surface area contributed by atoms with Gasteiger partial charge in [-0.25, -0.2) is 5.10 Å². The zero-order valence-corrected chi connectivity index (χ0v) is 16.1. The van der Waals surface area contributed by atoms with Gasteiger partial charge in [-0.1, -0.05) is 24.3 Å². The number of carbonyl (C=O) groups excluding carboxylic acids is 2. The van der Waals surface area contributed by atoms with Gasteiger partial charge in [0.1, 0.15) is 12.4 Å². The Labute approximate surface area is 172 Å². The summed E-state index contributed by atoms with van der Waals surface area (Å²) in [5, 5.41) is 9.18. The minimum absolute atomic E-state index is 0.0689. The summed E-state index contributed by atoms with van der Waals surface area (Å²) in [4.78, 5) is 37.8. The third kappa shape index (κ3) is 4.38. The molecule has 0 spiro atoms. The zero-order valence-electron chi connectivity index (χ0n) is 16.1. The largest absolute Gasteiger partial charge is 0.490 e. The van der Waals surface area contributed by atoms with Gasteiger partial charge in [-0.05, 0) is 30.3 Å². The van der Waals surface area contributed by atoms with Gasteiger partial charge >= 0.3 is 0 Å². The summed E-state index contributed by atoms with van der Waals surface area (Å²) in [6.07, 6.45) is 0.167. The lowest BCUT2D eigenvalue weighted by Gasteiger charge is -2.29. The Morgan fingerprint density at radius 3 is 2.77 bits per heavy atom. The first-order chi connectivity index (χ1) is 14.6. The molecule has 8 nitrogen and oxygen atoms in total. The van der Waals surface area contributed by atoms with E-state index in [2.05, 4.69) is 15.5 Å². The Morgan fingerprint density at radius 2 is 1.93 bits per heavy atom. The highest BCUT2D eigenvalue weighted by atomic mass is 16.5. The third-order valence-electron chi connectivity index (χ3n) is 4.72. The molecule has 1 aliphatic rings. The maximum Gasteiger partial charge on any atom is 0.264 e. The average molecular weight is 404 g/mol. The fourth-order valence-electron chi connectivity index (χ4n) is 3.27. The lowest BCUT2D eigenvalue weighted by molar-refractivity contribution is -0.122. The lowest BCUT2D eigenvalue weighted by atomic mass is 10.1. The molecule has 2 aromatic carbocycles. The average Bonchev–Trinajstić information content (AvgIpc) is 2.78. The van der Waals surface area contributed by atoms with Gasteiger partial charge in [0.2, 0.25) is 11.8 Å². The molecule has 152 valence electrons. The number of benzene rings is 2. The van der Waals surface area contributed by atoms with Crippen molar-refractivity contribution >= 4 is 23.2 Å². The Kier molecular flexibility index (Phi) is 5.56. The molecule has 2 heterocycles. The van der Waals surface area contributed by atoms with Crippen LogP contribution in [0.25, 0.3) is 11.3 Å². The van der Waals surface area contributed by atoms with Crippen molar-refractivity contribution in [2.45, 2.75) is 12.8 Å². The minimum Gasteiger partial charge on any atom is -0.490 e. The number of anilines is 2. The van der Waals surface area contributed by atoms with Gasteiger partial charge in [0.15, 0.2) is 0 Å². The quantitative estimate of drug-likeness (QED) is 0.680. The SMILES string of the molecule is O=C(CCC(=O)N1CCOc2ccccc21)Nc1cccc(-c2ccc(=O)[nH]n2)c1. The molecule has 4 rings (SSSR count). The van der Waals surface area contributed by atoms with Gasteiger partial charge in [0, 0.05) is 30.2 Å². The second-order valence-corrected chi connectivity index (χ2v) is 6.80. The summed E-state index contributed by atoms with van der Waals surface area (Å²) >= 11 is 0. The van der Waals surface area contributed by atoms with E-state index in [4.69, 9.17) is 4.74 Å². The van der Waals surface area contributed by atoms with E-state index in [1.165, 1.54) is 6.07 Å². The Hall–Kier alpha value is -3.94. The summed E-state index contributed by atoms with van der Waals surface area (Å²) in [5.74, 6) is 0.304. The topological polar surface area (TPSA) is 104 Å². The zero-order chi connectivity index (χ0) is 20.9. The first-order valence-electron chi connectivity index (χ1n) is 9.58. The van der Waals surface area contributed by atoms with E-state index in [9.17, 15) is 14.4 Å². The van der Waals surface area contributed by atoms with Crippen molar-refractivity contribution in [3.8, 4) is 17.0 Å². The van der Waals surface area contributed by atoms with Crippen LogP contribution >= 0.6 is 0 Å². The summed E-state index contributed by atoms with van der Waals surface area (Å²) in [5.41, 5.74) is 2.39. The maximum atomic E-state index is 12.6. The Morgan fingerprint density at radius 1 is 1.07 bits per heavy atom. The van der Waals surface area contributed by atoms with Crippen molar-refractivity contribution in [1.82, 2.24) is 10.2 Å². The van der Waals surface area contributed by atoms with Crippen LogP contribution in [0.1, 0.15) is 12.8 Å². The van der Waals surface area contributed by atoms with Crippen molar-refractivity contribution in [3.63, 3.8) is 0 Å². The number of nitrogens with zero attached hydrogens (tertiary/aromatic N) is 2. The van der Waals surface area contributed by atoms with Crippen LogP contribution in [0.4, 0.5) is 11.4 Å². The normalized spacial score (nSPS) is 12.6. The number of amides is 2. The van der Waals surface area contributed by atoms with Crippen molar-refractivity contribution < 1.29 is 14.3 Å². The second kappa shape index (κ2) is 8.60. The van der Waals surface area contributed by atoms with Crippen molar-refractivity contribution in [2.24, 2.45) is 0 Å². The van der Waals surface area contributed by atoms with Gasteiger partial charge < -0.3 is 15.0 Å². The number of aromatic nitrogens is 2. The Bertz CT molecular complexity index is 1120. The molecule has 0 unspecified atom stereocenters. The van der Waals surface area contributed by atoms with E-state index >= 15 is 0 Å². The van der Waals surface area contributed by atoms with Gasteiger partial charge in [-0.15, -0.1) is 0 Å². The number of H-pyrrole nitrogens is 1. The monoisotopic (exact) mass is 404 g/mol. The minimum atomic E-state index is -0.282. The van der Waals surface area contributed by atoms with E-state index in [1.54, 1.807) is 29.2 Å². The van der Waals surface area contributed by atoms with Crippen molar-refractivity contribution in [3.05, 3.63) is 71.0 Å². The molecule has 0 aliphatic carbocycles. The molecule has 0 radical (unpaired) electrons. The fourth-order valence-corrected chi connectivity index (χ4v) is 3.27. The van der Waals surface area contributed by atoms with Crippen LogP contribution in [0.3, 0.4) is 0 Å². The van der Waals surface area contributed by atoms with Gasteiger partial charge in [0.25, 0.3) is 5.56 Å². The van der Waals surface area contributed by atoms with Gasteiger partial charge in [-0.2, -0.15) is 5.10 Å². The molecule has 2 amide bonds. The first-order valence-corrected chi connectivity index (χ1v) is 9.58. The summed E-state index contributed by atoms with van der Waals surface area (Å²) in [6.45, 7) is 0.895. The van der Waals surface area contributed by atoms with Crippen LogP contribution in [0.5, 0.6) is 5.75 Å². The predicted octanol–water partition coefficient (Wildman–Crippen LogP) is 2.58. The lowest BCUT2D eigenvalue weighted by Crippen LogP contribution is -2.38. The molecule has 2 N–H and O–H groups in total. The fraction of sp³-hybridized carbons (Fsp3) is 0.182. The standard InChI is InChI=1S/C22H20N4O4/c27-20(10-11-22(29)26-12-13-30-19-7-2-1-6-18(19)26)23-16-5-3-4-15(14-16)17-8-9-21(28)25-24-17/h1-9,14H,10-13H2,(H,23,27)(H,25,28). The van der Waals surface area contributed by atoms with E-state index in [0.29, 0.717) is 30.3 Å². The summed E-state index contributed by atoms with van der Waals surface area (Å²) < 4.78 is 5.56. The highest BCUT2D eigenvalue weighted by molar-refractivity contribution is 5.99. The molecule has 0 atom stereocenters. The number of carbonyl (C=O) groups is 2. The van der Waals surface area contributed by atoms with Crippen LogP contribution in [0.2, 0.25) is 0 Å². The van der Waals surface area contributed by atoms with E-state index < -0.39 is 0 Å². The molecule has 1 aromatic heterocycles. The van der Waals surface area contributed by atoms with Gasteiger partial charge in [0.05, 0.1) is 17.9 Å². The van der Waals surface area contributed by atoms with Crippen LogP contribution in [-0.2, 0) is 9.59 Å². The van der Waals surface area contributed by atoms with E-state index in [0.717, 1.165) is 11.3 Å². The first kappa shape index (κ1) is 19.4. The summed E-state index contributed by atoms with van der Waals surface area (Å²) in [6, 6.07) is 17.5. The maximum absolute atomic E-state index is 12.6. The van der Waals surface area contributed by atoms with Crippen LogP contribution in [0.15, 0.2) is 65.5 Å². The summed E-state index contributed by atoms with van der Waals surface area (Å²) in [7, 11) is 0. The van der Waals surface area contributed by atoms with Crippen LogP contribution < -0.4 is 20.5 Å². The number of hydrogen-bond acceptors (Lipinski definition) is 5. The number of aromatic amines is 1. The third-order valence-corrected chi connectivity index (χ3v) is 4.72. The van der Waals surface area contributed by atoms with E-state index in [1.807, 2.05) is 30.3 Å². The number of hydrogen-bond donors (Lipinski definition) is 2.